The predicted molar refractivity (Wildman–Crippen MR) is 76.4 cm³/mol. The number of halogens is 1. The van der Waals surface area contributed by atoms with Crippen molar-refractivity contribution in [3.63, 3.8) is 0 Å². The van der Waals surface area contributed by atoms with Crippen LogP contribution in [-0.4, -0.2) is 42.4 Å². The lowest BCUT2D eigenvalue weighted by molar-refractivity contribution is 0.0755. The number of carbonyl (C=O) groups is 1. The van der Waals surface area contributed by atoms with Gasteiger partial charge in [0.05, 0.1) is 16.8 Å². The molecule has 0 amide bonds. The molecule has 3 rings (SSSR count). The number of piperidine rings is 1. The third-order valence-electron chi connectivity index (χ3n) is 4.22. The molecule has 0 aromatic carbocycles. The summed E-state index contributed by atoms with van der Waals surface area (Å²) in [4.78, 5) is 15.0. The van der Waals surface area contributed by atoms with Crippen LogP contribution in [0.25, 0.3) is 0 Å². The van der Waals surface area contributed by atoms with E-state index in [2.05, 4.69) is 26.1 Å². The molecule has 0 saturated carbocycles. The SMILES string of the molecule is O=C(c1occc1Br)C1CCCN1C1CCNCC1. The first kappa shape index (κ1) is 13.3. The molecule has 0 spiro atoms. The second kappa shape index (κ2) is 5.77. The number of nitrogens with zero attached hydrogens (tertiary/aromatic N) is 1. The van der Waals surface area contributed by atoms with E-state index < -0.39 is 0 Å². The minimum atomic E-state index is 0.00514. The predicted octanol–water partition coefficient (Wildman–Crippen LogP) is 2.44. The standard InChI is InChI=1S/C14H19BrN2O2/c15-11-5-9-19-14(11)13(18)12-2-1-8-17(12)10-3-6-16-7-4-10/h5,9-10,12,16H,1-4,6-8H2. The molecule has 1 atom stereocenters. The van der Waals surface area contributed by atoms with Gasteiger partial charge in [-0.25, -0.2) is 0 Å². The first-order chi connectivity index (χ1) is 9.27. The highest BCUT2D eigenvalue weighted by molar-refractivity contribution is 9.10. The molecule has 19 heavy (non-hydrogen) atoms. The molecule has 1 unspecified atom stereocenters. The van der Waals surface area contributed by atoms with Gasteiger partial charge in [-0.05, 0) is 67.3 Å². The third-order valence-corrected chi connectivity index (χ3v) is 4.84. The number of hydrogen-bond acceptors (Lipinski definition) is 4. The van der Waals surface area contributed by atoms with Crippen molar-refractivity contribution < 1.29 is 9.21 Å². The molecule has 1 N–H and O–H groups in total. The van der Waals surface area contributed by atoms with E-state index in [9.17, 15) is 4.79 Å². The fourth-order valence-electron chi connectivity index (χ4n) is 3.27. The van der Waals surface area contributed by atoms with Gasteiger partial charge in [-0.1, -0.05) is 0 Å². The Morgan fingerprint density at radius 1 is 1.37 bits per heavy atom. The zero-order chi connectivity index (χ0) is 13.2. The molecule has 0 bridgehead atoms. The van der Waals surface area contributed by atoms with Crippen molar-refractivity contribution in [3.8, 4) is 0 Å². The number of nitrogens with one attached hydrogen (secondary N) is 1. The molecule has 2 aliphatic rings. The highest BCUT2D eigenvalue weighted by Crippen LogP contribution is 2.29. The largest absolute Gasteiger partial charge is 0.460 e. The molecule has 104 valence electrons. The molecular formula is C14H19BrN2O2. The fraction of sp³-hybridized carbons (Fsp3) is 0.643. The lowest BCUT2D eigenvalue weighted by Gasteiger charge is -2.34. The van der Waals surface area contributed by atoms with Crippen molar-refractivity contribution in [3.05, 3.63) is 22.6 Å². The smallest absolute Gasteiger partial charge is 0.216 e. The van der Waals surface area contributed by atoms with Gasteiger partial charge in [0, 0.05) is 6.04 Å². The molecule has 2 aliphatic heterocycles. The number of likely N-dealkylation sites (tertiary alicyclic amines) is 1. The first-order valence-corrected chi connectivity index (χ1v) is 7.80. The summed E-state index contributed by atoms with van der Waals surface area (Å²) in [5.74, 6) is 0.610. The monoisotopic (exact) mass is 326 g/mol. The summed E-state index contributed by atoms with van der Waals surface area (Å²) in [6.45, 7) is 3.17. The second-order valence-corrected chi connectivity index (χ2v) is 6.19. The summed E-state index contributed by atoms with van der Waals surface area (Å²) in [5, 5.41) is 3.38. The average molecular weight is 327 g/mol. The summed E-state index contributed by atoms with van der Waals surface area (Å²) in [7, 11) is 0. The van der Waals surface area contributed by atoms with E-state index in [0.717, 1.165) is 49.8 Å². The van der Waals surface area contributed by atoms with Crippen LogP contribution >= 0.6 is 15.9 Å². The van der Waals surface area contributed by atoms with E-state index in [4.69, 9.17) is 4.42 Å². The summed E-state index contributed by atoms with van der Waals surface area (Å²) in [6, 6.07) is 2.34. The van der Waals surface area contributed by atoms with Gasteiger partial charge in [0.2, 0.25) is 5.78 Å². The maximum atomic E-state index is 12.6. The molecule has 0 radical (unpaired) electrons. The Bertz CT molecular complexity index is 454. The number of ketones is 1. The van der Waals surface area contributed by atoms with Crippen LogP contribution < -0.4 is 5.32 Å². The van der Waals surface area contributed by atoms with Gasteiger partial charge in [-0.2, -0.15) is 0 Å². The Kier molecular flexibility index (Phi) is 4.05. The maximum absolute atomic E-state index is 12.6. The number of furan rings is 1. The zero-order valence-electron chi connectivity index (χ0n) is 10.9. The van der Waals surface area contributed by atoms with Crippen LogP contribution in [0.2, 0.25) is 0 Å². The number of rotatable bonds is 3. The van der Waals surface area contributed by atoms with Crippen LogP contribution in [0.4, 0.5) is 0 Å². The van der Waals surface area contributed by atoms with Crippen LogP contribution in [0, 0.1) is 0 Å². The van der Waals surface area contributed by atoms with Crippen molar-refractivity contribution >= 4 is 21.7 Å². The van der Waals surface area contributed by atoms with Gasteiger partial charge >= 0.3 is 0 Å². The van der Waals surface area contributed by atoms with Crippen molar-refractivity contribution in [2.45, 2.75) is 37.8 Å². The normalized spacial score (nSPS) is 25.8. The zero-order valence-corrected chi connectivity index (χ0v) is 12.5. The molecule has 1 aromatic heterocycles. The summed E-state index contributed by atoms with van der Waals surface area (Å²) < 4.78 is 6.11. The Morgan fingerprint density at radius 3 is 2.84 bits per heavy atom. The van der Waals surface area contributed by atoms with Crippen LogP contribution in [0.1, 0.15) is 36.2 Å². The van der Waals surface area contributed by atoms with E-state index in [-0.39, 0.29) is 11.8 Å². The van der Waals surface area contributed by atoms with Gasteiger partial charge < -0.3 is 9.73 Å². The van der Waals surface area contributed by atoms with Gasteiger partial charge in [0.25, 0.3) is 0 Å². The van der Waals surface area contributed by atoms with Crippen molar-refractivity contribution in [1.29, 1.82) is 0 Å². The Hall–Kier alpha value is -0.650. The summed E-state index contributed by atoms with van der Waals surface area (Å²) in [5.41, 5.74) is 0. The molecule has 5 heteroatoms. The van der Waals surface area contributed by atoms with Crippen molar-refractivity contribution in [2.24, 2.45) is 0 Å². The van der Waals surface area contributed by atoms with E-state index in [1.54, 1.807) is 12.3 Å². The molecular weight excluding hydrogens is 308 g/mol. The summed E-state index contributed by atoms with van der Waals surface area (Å²) in [6.07, 6.45) is 5.92. The van der Waals surface area contributed by atoms with Gasteiger partial charge in [-0.3, -0.25) is 9.69 Å². The van der Waals surface area contributed by atoms with Gasteiger partial charge in [-0.15, -0.1) is 0 Å². The second-order valence-electron chi connectivity index (χ2n) is 5.34. The molecule has 2 fully saturated rings. The van der Waals surface area contributed by atoms with E-state index in [0.29, 0.717) is 11.8 Å². The molecule has 4 nitrogen and oxygen atoms in total. The molecule has 3 heterocycles. The lowest BCUT2D eigenvalue weighted by atomic mass is 10.0. The Balaban J connectivity index is 1.75. The number of carbonyl (C=O) groups excluding carboxylic acids is 1. The highest BCUT2D eigenvalue weighted by Gasteiger charge is 2.37. The van der Waals surface area contributed by atoms with E-state index in [1.165, 1.54) is 0 Å². The van der Waals surface area contributed by atoms with Crippen molar-refractivity contribution in [2.75, 3.05) is 19.6 Å². The third kappa shape index (κ3) is 2.64. The highest BCUT2D eigenvalue weighted by atomic mass is 79.9. The number of Topliss-reactive ketones (excluding diaryl/α,β-unsaturated/α-hetero) is 1. The molecule has 1 aromatic rings. The topological polar surface area (TPSA) is 45.5 Å². The minimum Gasteiger partial charge on any atom is -0.460 e. The Labute approximate surface area is 121 Å². The van der Waals surface area contributed by atoms with Crippen LogP contribution in [-0.2, 0) is 0 Å². The van der Waals surface area contributed by atoms with Gasteiger partial charge in [0.15, 0.2) is 5.76 Å². The van der Waals surface area contributed by atoms with Crippen LogP contribution in [0.5, 0.6) is 0 Å². The minimum absolute atomic E-state index is 0.00514. The molecule has 0 aliphatic carbocycles. The Morgan fingerprint density at radius 2 is 2.16 bits per heavy atom. The van der Waals surface area contributed by atoms with Crippen molar-refractivity contribution in [1.82, 2.24) is 10.2 Å². The van der Waals surface area contributed by atoms with E-state index >= 15 is 0 Å². The summed E-state index contributed by atoms with van der Waals surface area (Å²) >= 11 is 3.39. The lowest BCUT2D eigenvalue weighted by Crippen LogP contribution is -2.47. The average Bonchev–Trinajstić information content (AvgIpc) is 3.07. The van der Waals surface area contributed by atoms with E-state index in [1.807, 2.05) is 0 Å². The van der Waals surface area contributed by atoms with Crippen LogP contribution in [0.15, 0.2) is 21.2 Å². The first-order valence-electron chi connectivity index (χ1n) is 7.01. The quantitative estimate of drug-likeness (QED) is 0.866. The van der Waals surface area contributed by atoms with Gasteiger partial charge in [0.1, 0.15) is 0 Å². The van der Waals surface area contributed by atoms with Crippen LogP contribution in [0.3, 0.4) is 0 Å². The number of hydrogen-bond donors (Lipinski definition) is 1. The molecule has 2 saturated heterocycles. The fourth-order valence-corrected chi connectivity index (χ4v) is 3.66. The maximum Gasteiger partial charge on any atom is 0.216 e.